The van der Waals surface area contributed by atoms with Gasteiger partial charge in [0.15, 0.2) is 0 Å². The minimum atomic E-state index is -0.277. The van der Waals surface area contributed by atoms with Gasteiger partial charge in [-0.05, 0) is 32.3 Å². The number of imidazole rings is 1. The Morgan fingerprint density at radius 2 is 2.47 bits per heavy atom. The van der Waals surface area contributed by atoms with Gasteiger partial charge in [0.1, 0.15) is 0 Å². The van der Waals surface area contributed by atoms with Crippen molar-refractivity contribution in [3.05, 3.63) is 41.2 Å². The van der Waals surface area contributed by atoms with Gasteiger partial charge in [-0.15, -0.1) is 0 Å². The zero-order valence-corrected chi connectivity index (χ0v) is 9.98. The van der Waals surface area contributed by atoms with Gasteiger partial charge in [0.05, 0.1) is 24.7 Å². The van der Waals surface area contributed by atoms with E-state index >= 15 is 0 Å². The van der Waals surface area contributed by atoms with Crippen LogP contribution in [-0.2, 0) is 13.0 Å². The molecule has 4 nitrogen and oxygen atoms in total. The summed E-state index contributed by atoms with van der Waals surface area (Å²) >= 11 is 0. The van der Waals surface area contributed by atoms with Gasteiger partial charge in [0.2, 0.25) is 0 Å². The van der Waals surface area contributed by atoms with Crippen molar-refractivity contribution < 1.29 is 5.11 Å². The lowest BCUT2D eigenvalue weighted by atomic mass is 9.95. The van der Waals surface area contributed by atoms with Crippen molar-refractivity contribution in [2.45, 2.75) is 38.8 Å². The number of hydrogen-bond donors (Lipinski definition) is 2. The minimum absolute atomic E-state index is 0.277. The number of aromatic amines is 1. The molecule has 1 unspecified atom stereocenters. The van der Waals surface area contributed by atoms with E-state index in [1.807, 2.05) is 6.20 Å². The maximum atomic E-state index is 9.99. The highest BCUT2D eigenvalue weighted by Gasteiger charge is 2.22. The van der Waals surface area contributed by atoms with Crippen molar-refractivity contribution in [3.63, 3.8) is 0 Å². The van der Waals surface area contributed by atoms with Crippen molar-refractivity contribution in [1.29, 1.82) is 0 Å². The molecular weight excluding hydrogens is 214 g/mol. The Hall–Kier alpha value is -1.55. The molecule has 4 heteroatoms. The van der Waals surface area contributed by atoms with Gasteiger partial charge < -0.3 is 14.7 Å². The second-order valence-electron chi connectivity index (χ2n) is 4.76. The maximum absolute atomic E-state index is 9.99. The number of nitrogens with zero attached hydrogens (tertiary/aromatic N) is 2. The summed E-state index contributed by atoms with van der Waals surface area (Å²) in [5.41, 5.74) is 4.72. The van der Waals surface area contributed by atoms with Crippen LogP contribution < -0.4 is 0 Å². The summed E-state index contributed by atoms with van der Waals surface area (Å²) in [7, 11) is 0. The van der Waals surface area contributed by atoms with Gasteiger partial charge >= 0.3 is 0 Å². The van der Waals surface area contributed by atoms with Gasteiger partial charge in [-0.1, -0.05) is 0 Å². The summed E-state index contributed by atoms with van der Waals surface area (Å²) in [5, 5.41) is 9.99. The Bertz CT molecular complexity index is 513. The van der Waals surface area contributed by atoms with Crippen LogP contribution in [0, 0.1) is 6.92 Å². The first-order valence-corrected chi connectivity index (χ1v) is 6.10. The third-order valence-electron chi connectivity index (χ3n) is 3.58. The molecule has 0 saturated heterocycles. The molecule has 0 radical (unpaired) electrons. The summed E-state index contributed by atoms with van der Waals surface area (Å²) in [6, 6.07) is 2.12. The Morgan fingerprint density at radius 1 is 1.59 bits per heavy atom. The fraction of sp³-hybridized carbons (Fsp3) is 0.462. The predicted octanol–water partition coefficient (Wildman–Crippen LogP) is 1.94. The number of aryl methyl sites for hydroxylation is 1. The molecule has 0 aliphatic heterocycles. The van der Waals surface area contributed by atoms with Gasteiger partial charge in [-0.2, -0.15) is 0 Å². The van der Waals surface area contributed by atoms with E-state index in [1.54, 1.807) is 6.33 Å². The van der Waals surface area contributed by atoms with E-state index in [-0.39, 0.29) is 6.10 Å². The zero-order chi connectivity index (χ0) is 11.8. The van der Waals surface area contributed by atoms with E-state index in [0.29, 0.717) is 0 Å². The van der Waals surface area contributed by atoms with Gasteiger partial charge in [-0.25, -0.2) is 4.98 Å². The minimum Gasteiger partial charge on any atom is -0.388 e. The molecule has 3 rings (SSSR count). The number of rotatable bonds is 2. The molecule has 17 heavy (non-hydrogen) atoms. The number of aliphatic hydroxyl groups excluding tert-OH is 1. The highest BCUT2D eigenvalue weighted by atomic mass is 16.3. The summed E-state index contributed by atoms with van der Waals surface area (Å²) in [4.78, 5) is 7.17. The average molecular weight is 231 g/mol. The third kappa shape index (κ3) is 1.78. The molecule has 1 aliphatic rings. The summed E-state index contributed by atoms with van der Waals surface area (Å²) in [5.74, 6) is 0. The standard InChI is InChI=1S/C13H17N3O/c1-9-5-11-12(3-2-4-13(11)17)16(9)7-10-6-14-8-15-10/h5-6,8,13,17H,2-4,7H2,1H3,(H,14,15). The smallest absolute Gasteiger partial charge is 0.0922 e. The van der Waals surface area contributed by atoms with Crippen molar-refractivity contribution >= 4 is 0 Å². The Morgan fingerprint density at radius 3 is 3.24 bits per heavy atom. The largest absolute Gasteiger partial charge is 0.388 e. The highest BCUT2D eigenvalue weighted by Crippen LogP contribution is 2.32. The molecule has 90 valence electrons. The lowest BCUT2D eigenvalue weighted by Gasteiger charge is -2.20. The molecular formula is C13H17N3O. The number of aromatic nitrogens is 3. The van der Waals surface area contributed by atoms with E-state index in [2.05, 4.69) is 27.5 Å². The normalized spacial score (nSPS) is 19.3. The average Bonchev–Trinajstić information content (AvgIpc) is 2.91. The number of nitrogens with one attached hydrogen (secondary N) is 1. The summed E-state index contributed by atoms with van der Waals surface area (Å²) < 4.78 is 2.28. The Kier molecular flexibility index (Phi) is 2.52. The van der Waals surface area contributed by atoms with Crippen LogP contribution in [0.4, 0.5) is 0 Å². The second-order valence-corrected chi connectivity index (χ2v) is 4.76. The Labute approximate surface area is 100 Å². The molecule has 0 amide bonds. The van der Waals surface area contributed by atoms with Crippen LogP contribution in [0.5, 0.6) is 0 Å². The Balaban J connectivity index is 1.99. The molecule has 0 aromatic carbocycles. The van der Waals surface area contributed by atoms with Crippen LogP contribution >= 0.6 is 0 Å². The van der Waals surface area contributed by atoms with Crippen LogP contribution in [0.3, 0.4) is 0 Å². The first-order chi connectivity index (χ1) is 8.25. The molecule has 1 atom stereocenters. The van der Waals surface area contributed by atoms with E-state index in [0.717, 1.165) is 37.1 Å². The van der Waals surface area contributed by atoms with Crippen LogP contribution in [-0.4, -0.2) is 19.6 Å². The fourth-order valence-corrected chi connectivity index (χ4v) is 2.70. The van der Waals surface area contributed by atoms with Crippen molar-refractivity contribution in [2.75, 3.05) is 0 Å². The number of hydrogen-bond acceptors (Lipinski definition) is 2. The number of fused-ring (bicyclic) bond motifs is 1. The molecule has 1 aliphatic carbocycles. The van der Waals surface area contributed by atoms with E-state index in [4.69, 9.17) is 0 Å². The monoisotopic (exact) mass is 231 g/mol. The molecule has 0 fully saturated rings. The topological polar surface area (TPSA) is 53.8 Å². The zero-order valence-electron chi connectivity index (χ0n) is 9.98. The quantitative estimate of drug-likeness (QED) is 0.830. The summed E-state index contributed by atoms with van der Waals surface area (Å²) in [6.45, 7) is 2.91. The van der Waals surface area contributed by atoms with Crippen molar-refractivity contribution in [2.24, 2.45) is 0 Å². The molecule has 2 aromatic rings. The fourth-order valence-electron chi connectivity index (χ4n) is 2.70. The third-order valence-corrected chi connectivity index (χ3v) is 3.58. The van der Waals surface area contributed by atoms with Crippen molar-refractivity contribution in [1.82, 2.24) is 14.5 Å². The second kappa shape index (κ2) is 4.04. The molecule has 2 aromatic heterocycles. The lowest BCUT2D eigenvalue weighted by molar-refractivity contribution is 0.155. The molecule has 2 N–H and O–H groups in total. The van der Waals surface area contributed by atoms with Gasteiger partial charge in [-0.3, -0.25) is 0 Å². The van der Waals surface area contributed by atoms with Crippen LogP contribution in [0.25, 0.3) is 0 Å². The number of H-pyrrole nitrogens is 1. The summed E-state index contributed by atoms with van der Waals surface area (Å²) in [6.07, 6.45) is 6.30. The maximum Gasteiger partial charge on any atom is 0.0922 e. The van der Waals surface area contributed by atoms with Crippen molar-refractivity contribution in [3.8, 4) is 0 Å². The predicted molar refractivity (Wildman–Crippen MR) is 64.8 cm³/mol. The van der Waals surface area contributed by atoms with E-state index in [1.165, 1.54) is 11.4 Å². The first-order valence-electron chi connectivity index (χ1n) is 6.10. The lowest BCUT2D eigenvalue weighted by Crippen LogP contribution is -2.13. The van der Waals surface area contributed by atoms with E-state index < -0.39 is 0 Å². The molecule has 0 bridgehead atoms. The van der Waals surface area contributed by atoms with Gasteiger partial charge in [0, 0.05) is 23.1 Å². The molecule has 0 saturated carbocycles. The van der Waals surface area contributed by atoms with Crippen LogP contribution in [0.2, 0.25) is 0 Å². The molecule has 0 spiro atoms. The van der Waals surface area contributed by atoms with Gasteiger partial charge in [0.25, 0.3) is 0 Å². The molecule has 2 heterocycles. The van der Waals surface area contributed by atoms with E-state index in [9.17, 15) is 5.11 Å². The first kappa shape index (κ1) is 10.6. The van der Waals surface area contributed by atoms with Crippen LogP contribution in [0.15, 0.2) is 18.6 Å². The number of aliphatic hydroxyl groups is 1. The SMILES string of the molecule is Cc1cc2c(n1Cc1cnc[nH]1)CCCC2O. The highest BCUT2D eigenvalue weighted by molar-refractivity contribution is 5.32. The van der Waals surface area contributed by atoms with Crippen LogP contribution in [0.1, 0.15) is 41.6 Å².